The first-order valence-corrected chi connectivity index (χ1v) is 6.29. The van der Waals surface area contributed by atoms with Crippen molar-refractivity contribution in [2.45, 2.75) is 13.5 Å². The standard InChI is InChI=1S/C14H12BrF2N/c1-9-2-3-10(6-13(9)16)8-18-11-4-5-12(15)14(17)7-11/h2-7,18H,8H2,1H3. The maximum Gasteiger partial charge on any atom is 0.139 e. The Hall–Kier alpha value is -1.42. The number of benzene rings is 2. The lowest BCUT2D eigenvalue weighted by molar-refractivity contribution is 0.616. The SMILES string of the molecule is Cc1ccc(CNc2ccc(Br)c(F)c2)cc1F. The van der Waals surface area contributed by atoms with E-state index in [9.17, 15) is 8.78 Å². The molecule has 2 aromatic carbocycles. The maximum absolute atomic E-state index is 13.3. The predicted molar refractivity (Wildman–Crippen MR) is 72.6 cm³/mol. The highest BCUT2D eigenvalue weighted by atomic mass is 79.9. The molecular formula is C14H12BrF2N. The number of anilines is 1. The van der Waals surface area contributed by atoms with Crippen molar-refractivity contribution in [3.05, 3.63) is 63.6 Å². The quantitative estimate of drug-likeness (QED) is 0.870. The van der Waals surface area contributed by atoms with Crippen LogP contribution in [0.3, 0.4) is 0 Å². The van der Waals surface area contributed by atoms with Gasteiger partial charge in [0.1, 0.15) is 11.6 Å². The first-order valence-electron chi connectivity index (χ1n) is 5.50. The van der Waals surface area contributed by atoms with E-state index in [4.69, 9.17) is 0 Å². The second-order valence-electron chi connectivity index (χ2n) is 4.07. The van der Waals surface area contributed by atoms with Crippen LogP contribution < -0.4 is 5.32 Å². The van der Waals surface area contributed by atoms with Crippen LogP contribution in [0.4, 0.5) is 14.5 Å². The molecule has 94 valence electrons. The summed E-state index contributed by atoms with van der Waals surface area (Å²) in [4.78, 5) is 0. The molecule has 0 amide bonds. The predicted octanol–water partition coefficient (Wildman–Crippen LogP) is 4.65. The van der Waals surface area contributed by atoms with Gasteiger partial charge in [-0.1, -0.05) is 12.1 Å². The second-order valence-corrected chi connectivity index (χ2v) is 4.92. The lowest BCUT2D eigenvalue weighted by Gasteiger charge is -2.08. The highest BCUT2D eigenvalue weighted by molar-refractivity contribution is 9.10. The summed E-state index contributed by atoms with van der Waals surface area (Å²) in [6.07, 6.45) is 0. The van der Waals surface area contributed by atoms with E-state index in [0.29, 0.717) is 22.3 Å². The van der Waals surface area contributed by atoms with E-state index in [-0.39, 0.29) is 11.6 Å². The van der Waals surface area contributed by atoms with Gasteiger partial charge in [0.15, 0.2) is 0 Å². The van der Waals surface area contributed by atoms with Crippen LogP contribution in [0.5, 0.6) is 0 Å². The molecule has 0 radical (unpaired) electrons. The van der Waals surface area contributed by atoms with E-state index in [1.807, 2.05) is 6.07 Å². The molecule has 0 saturated heterocycles. The third kappa shape index (κ3) is 3.07. The summed E-state index contributed by atoms with van der Waals surface area (Å²) in [5.41, 5.74) is 2.10. The topological polar surface area (TPSA) is 12.0 Å². The minimum absolute atomic E-state index is 0.226. The van der Waals surface area contributed by atoms with Gasteiger partial charge >= 0.3 is 0 Å². The Labute approximate surface area is 113 Å². The fraction of sp³-hybridized carbons (Fsp3) is 0.143. The van der Waals surface area contributed by atoms with Gasteiger partial charge < -0.3 is 5.32 Å². The zero-order chi connectivity index (χ0) is 13.1. The summed E-state index contributed by atoms with van der Waals surface area (Å²) < 4.78 is 27.0. The first kappa shape index (κ1) is 13.0. The van der Waals surface area contributed by atoms with Crippen LogP contribution in [0.25, 0.3) is 0 Å². The molecule has 0 aromatic heterocycles. The van der Waals surface area contributed by atoms with Crippen molar-refractivity contribution in [1.82, 2.24) is 0 Å². The summed E-state index contributed by atoms with van der Waals surface area (Å²) in [6.45, 7) is 2.18. The number of hydrogen-bond donors (Lipinski definition) is 1. The average Bonchev–Trinajstić information content (AvgIpc) is 2.35. The van der Waals surface area contributed by atoms with Crippen molar-refractivity contribution in [2.24, 2.45) is 0 Å². The Morgan fingerprint density at radius 3 is 2.50 bits per heavy atom. The van der Waals surface area contributed by atoms with Gasteiger partial charge in [0.05, 0.1) is 4.47 Å². The lowest BCUT2D eigenvalue weighted by Crippen LogP contribution is -2.00. The molecule has 0 spiro atoms. The van der Waals surface area contributed by atoms with Crippen LogP contribution in [-0.2, 0) is 6.54 Å². The van der Waals surface area contributed by atoms with Crippen LogP contribution in [0.15, 0.2) is 40.9 Å². The summed E-state index contributed by atoms with van der Waals surface area (Å²) in [6, 6.07) is 9.85. The van der Waals surface area contributed by atoms with Crippen LogP contribution in [0.1, 0.15) is 11.1 Å². The molecule has 0 aliphatic rings. The molecule has 0 atom stereocenters. The third-order valence-electron chi connectivity index (χ3n) is 2.65. The minimum atomic E-state index is -0.324. The van der Waals surface area contributed by atoms with Crippen molar-refractivity contribution in [3.63, 3.8) is 0 Å². The molecule has 0 unspecified atom stereocenters. The summed E-state index contributed by atoms with van der Waals surface area (Å²) in [7, 11) is 0. The van der Waals surface area contributed by atoms with Crippen molar-refractivity contribution in [3.8, 4) is 0 Å². The van der Waals surface area contributed by atoms with Gasteiger partial charge in [0.25, 0.3) is 0 Å². The van der Waals surface area contributed by atoms with Gasteiger partial charge in [-0.3, -0.25) is 0 Å². The first-order chi connectivity index (χ1) is 8.56. The molecule has 4 heteroatoms. The summed E-state index contributed by atoms with van der Waals surface area (Å²) in [5.74, 6) is -0.550. The van der Waals surface area contributed by atoms with Gasteiger partial charge in [-0.05, 0) is 58.2 Å². The third-order valence-corrected chi connectivity index (χ3v) is 3.30. The van der Waals surface area contributed by atoms with Gasteiger partial charge in [-0.2, -0.15) is 0 Å². The molecule has 1 N–H and O–H groups in total. The van der Waals surface area contributed by atoms with Crippen molar-refractivity contribution in [2.75, 3.05) is 5.32 Å². The summed E-state index contributed by atoms with van der Waals surface area (Å²) in [5, 5.41) is 3.05. The molecule has 0 aliphatic carbocycles. The minimum Gasteiger partial charge on any atom is -0.381 e. The molecule has 0 saturated carbocycles. The molecule has 2 rings (SSSR count). The van der Waals surface area contributed by atoms with E-state index in [2.05, 4.69) is 21.2 Å². The van der Waals surface area contributed by atoms with E-state index in [0.717, 1.165) is 5.56 Å². The molecule has 0 fully saturated rings. The Balaban J connectivity index is 2.06. The number of rotatable bonds is 3. The van der Waals surface area contributed by atoms with Gasteiger partial charge in [0.2, 0.25) is 0 Å². The number of nitrogens with one attached hydrogen (secondary N) is 1. The fourth-order valence-corrected chi connectivity index (χ4v) is 1.80. The van der Waals surface area contributed by atoms with E-state index >= 15 is 0 Å². The Kier molecular flexibility index (Phi) is 3.97. The van der Waals surface area contributed by atoms with Crippen LogP contribution >= 0.6 is 15.9 Å². The smallest absolute Gasteiger partial charge is 0.139 e. The van der Waals surface area contributed by atoms with Gasteiger partial charge in [-0.15, -0.1) is 0 Å². The normalized spacial score (nSPS) is 10.4. The average molecular weight is 312 g/mol. The van der Waals surface area contributed by atoms with E-state index in [1.165, 1.54) is 12.1 Å². The number of halogens is 3. The van der Waals surface area contributed by atoms with E-state index in [1.54, 1.807) is 25.1 Å². The maximum atomic E-state index is 13.3. The Morgan fingerprint density at radius 1 is 1.06 bits per heavy atom. The highest BCUT2D eigenvalue weighted by Gasteiger charge is 2.02. The molecule has 0 bridgehead atoms. The lowest BCUT2D eigenvalue weighted by atomic mass is 10.1. The number of hydrogen-bond acceptors (Lipinski definition) is 1. The molecule has 2 aromatic rings. The second kappa shape index (κ2) is 5.48. The Bertz CT molecular complexity index is 518. The van der Waals surface area contributed by atoms with Crippen molar-refractivity contribution >= 4 is 21.6 Å². The van der Waals surface area contributed by atoms with Crippen LogP contribution in [-0.4, -0.2) is 0 Å². The van der Waals surface area contributed by atoms with Gasteiger partial charge in [-0.25, -0.2) is 8.78 Å². The van der Waals surface area contributed by atoms with Crippen molar-refractivity contribution < 1.29 is 8.78 Å². The van der Waals surface area contributed by atoms with Crippen LogP contribution in [0, 0.1) is 18.6 Å². The molecule has 0 heterocycles. The zero-order valence-electron chi connectivity index (χ0n) is 9.81. The molecule has 1 nitrogen and oxygen atoms in total. The van der Waals surface area contributed by atoms with E-state index < -0.39 is 0 Å². The zero-order valence-corrected chi connectivity index (χ0v) is 11.4. The Morgan fingerprint density at radius 2 is 1.83 bits per heavy atom. The monoisotopic (exact) mass is 311 g/mol. The number of aryl methyl sites for hydroxylation is 1. The highest BCUT2D eigenvalue weighted by Crippen LogP contribution is 2.20. The summed E-state index contributed by atoms with van der Waals surface area (Å²) >= 11 is 3.09. The molecule has 18 heavy (non-hydrogen) atoms. The van der Waals surface area contributed by atoms with Crippen molar-refractivity contribution in [1.29, 1.82) is 0 Å². The molecular weight excluding hydrogens is 300 g/mol. The van der Waals surface area contributed by atoms with Crippen LogP contribution in [0.2, 0.25) is 0 Å². The van der Waals surface area contributed by atoms with Gasteiger partial charge in [0, 0.05) is 12.2 Å². The molecule has 0 aliphatic heterocycles. The largest absolute Gasteiger partial charge is 0.381 e. The fourth-order valence-electron chi connectivity index (χ4n) is 1.56.